The summed E-state index contributed by atoms with van der Waals surface area (Å²) in [6, 6.07) is 0.975. The van der Waals surface area contributed by atoms with Crippen LogP contribution in [-0.2, 0) is 6.18 Å². The van der Waals surface area contributed by atoms with E-state index in [1.165, 1.54) is 0 Å². The molecule has 0 aliphatic rings. The highest BCUT2D eigenvalue weighted by molar-refractivity contribution is 7.17. The van der Waals surface area contributed by atoms with E-state index in [1.807, 2.05) is 20.8 Å². The van der Waals surface area contributed by atoms with Crippen molar-refractivity contribution in [1.29, 1.82) is 0 Å². The van der Waals surface area contributed by atoms with Crippen LogP contribution in [0.15, 0.2) is 12.3 Å². The summed E-state index contributed by atoms with van der Waals surface area (Å²) in [6.45, 7) is 10.5. The van der Waals surface area contributed by atoms with Crippen molar-refractivity contribution in [3.63, 3.8) is 0 Å². The Hall–Kier alpha value is -2.20. The zero-order chi connectivity index (χ0) is 22.9. The molecule has 0 radical (unpaired) electrons. The lowest BCUT2D eigenvalue weighted by Crippen LogP contribution is -2.30. The number of aromatic nitrogens is 2. The Balaban J connectivity index is 2.36. The van der Waals surface area contributed by atoms with Crippen LogP contribution in [0.4, 0.5) is 19.0 Å². The number of nitrogens with zero attached hydrogens (tertiary/aromatic N) is 2. The van der Waals surface area contributed by atoms with Gasteiger partial charge in [0.1, 0.15) is 5.82 Å². The minimum Gasteiger partial charge on any atom is -0.390 e. The molecule has 0 atom stereocenters. The number of pyridine rings is 1. The molecule has 0 aliphatic heterocycles. The number of carbonyl (C=O) groups is 1. The van der Waals surface area contributed by atoms with Gasteiger partial charge in [-0.3, -0.25) is 4.79 Å². The molecule has 6 nitrogen and oxygen atoms in total. The van der Waals surface area contributed by atoms with Gasteiger partial charge in [-0.15, -0.1) is 11.3 Å². The number of hydrogen-bond donors (Lipinski definition) is 3. The number of hydrogen-bond acceptors (Lipinski definition) is 6. The third-order valence-corrected chi connectivity index (χ3v) is 5.16. The maximum Gasteiger partial charge on any atom is 0.417 e. The third-order valence-electron chi connectivity index (χ3n) is 3.97. The molecule has 0 aromatic carbocycles. The molecular weight excluding hydrogens is 417 g/mol. The van der Waals surface area contributed by atoms with Crippen molar-refractivity contribution in [3.05, 3.63) is 28.5 Å². The molecule has 0 aliphatic carbocycles. The second kappa shape index (κ2) is 8.50. The number of anilines is 1. The zero-order valence-corrected chi connectivity index (χ0v) is 18.7. The van der Waals surface area contributed by atoms with Crippen molar-refractivity contribution in [3.8, 4) is 10.4 Å². The highest BCUT2D eigenvalue weighted by atomic mass is 32.1. The SMILES string of the molecule is Cc1nc(C(=O)NCCC(C)(C)O)sc1-c1cnc(NC(C)(C)C)cc1C(F)(F)F. The topological polar surface area (TPSA) is 87.1 Å². The van der Waals surface area contributed by atoms with Crippen LogP contribution in [0.5, 0.6) is 0 Å². The van der Waals surface area contributed by atoms with Crippen molar-refractivity contribution in [2.45, 2.75) is 65.3 Å². The lowest BCUT2D eigenvalue weighted by atomic mass is 10.1. The van der Waals surface area contributed by atoms with Crippen LogP contribution in [0.2, 0.25) is 0 Å². The summed E-state index contributed by atoms with van der Waals surface area (Å²) in [5, 5.41) is 15.3. The average Bonchev–Trinajstić information content (AvgIpc) is 2.93. The van der Waals surface area contributed by atoms with Gasteiger partial charge in [0.25, 0.3) is 5.91 Å². The second-order valence-corrected chi connectivity index (χ2v) is 9.74. The number of carbonyl (C=O) groups excluding carboxylic acids is 1. The molecule has 166 valence electrons. The van der Waals surface area contributed by atoms with Crippen molar-refractivity contribution in [2.24, 2.45) is 0 Å². The predicted octanol–water partition coefficient (Wildman–Crippen LogP) is 4.63. The van der Waals surface area contributed by atoms with Gasteiger partial charge in [-0.25, -0.2) is 9.97 Å². The van der Waals surface area contributed by atoms with Crippen LogP contribution in [0.25, 0.3) is 10.4 Å². The van der Waals surface area contributed by atoms with Crippen molar-refractivity contribution in [1.82, 2.24) is 15.3 Å². The number of nitrogens with one attached hydrogen (secondary N) is 2. The maximum absolute atomic E-state index is 13.7. The quantitative estimate of drug-likeness (QED) is 0.605. The first-order valence-corrected chi connectivity index (χ1v) is 10.2. The van der Waals surface area contributed by atoms with E-state index >= 15 is 0 Å². The van der Waals surface area contributed by atoms with Gasteiger partial charge in [0.2, 0.25) is 0 Å². The molecule has 0 bridgehead atoms. The molecule has 2 aromatic heterocycles. The van der Waals surface area contributed by atoms with Gasteiger partial charge < -0.3 is 15.7 Å². The predicted molar refractivity (Wildman–Crippen MR) is 112 cm³/mol. The molecular formula is C20H27F3N4O2S. The van der Waals surface area contributed by atoms with E-state index in [1.54, 1.807) is 20.8 Å². The Bertz CT molecular complexity index is 912. The fourth-order valence-electron chi connectivity index (χ4n) is 2.62. The van der Waals surface area contributed by atoms with Crippen LogP contribution in [0, 0.1) is 6.92 Å². The molecule has 30 heavy (non-hydrogen) atoms. The van der Waals surface area contributed by atoms with Crippen molar-refractivity contribution in [2.75, 3.05) is 11.9 Å². The van der Waals surface area contributed by atoms with E-state index in [0.717, 1.165) is 23.6 Å². The molecule has 0 fully saturated rings. The Morgan fingerprint density at radius 1 is 1.20 bits per heavy atom. The summed E-state index contributed by atoms with van der Waals surface area (Å²) in [5.74, 6) is -0.378. The minimum absolute atomic E-state index is 0.0586. The number of aryl methyl sites for hydroxylation is 1. The van der Waals surface area contributed by atoms with Crippen LogP contribution < -0.4 is 10.6 Å². The summed E-state index contributed by atoms with van der Waals surface area (Å²) in [7, 11) is 0. The molecule has 0 unspecified atom stereocenters. The van der Waals surface area contributed by atoms with E-state index in [4.69, 9.17) is 0 Å². The number of halogens is 3. The first kappa shape index (κ1) is 24.1. The monoisotopic (exact) mass is 444 g/mol. The lowest BCUT2D eigenvalue weighted by Gasteiger charge is -2.22. The van der Waals surface area contributed by atoms with Crippen molar-refractivity contribution >= 4 is 23.1 Å². The van der Waals surface area contributed by atoms with Crippen LogP contribution in [0.3, 0.4) is 0 Å². The average molecular weight is 445 g/mol. The smallest absolute Gasteiger partial charge is 0.390 e. The third kappa shape index (κ3) is 6.66. The Labute approximate surface area is 177 Å². The van der Waals surface area contributed by atoms with E-state index in [2.05, 4.69) is 20.6 Å². The molecule has 2 heterocycles. The molecule has 10 heteroatoms. The molecule has 0 saturated heterocycles. The number of amides is 1. The van der Waals surface area contributed by atoms with Gasteiger partial charge in [0, 0.05) is 23.8 Å². The normalized spacial score (nSPS) is 12.7. The van der Waals surface area contributed by atoms with Gasteiger partial charge >= 0.3 is 6.18 Å². The molecule has 2 rings (SSSR count). The molecule has 2 aromatic rings. The second-order valence-electron chi connectivity index (χ2n) is 8.74. The Morgan fingerprint density at radius 2 is 1.83 bits per heavy atom. The summed E-state index contributed by atoms with van der Waals surface area (Å²) in [6.07, 6.45) is -3.11. The molecule has 3 N–H and O–H groups in total. The summed E-state index contributed by atoms with van der Waals surface area (Å²) in [4.78, 5) is 20.8. The van der Waals surface area contributed by atoms with Gasteiger partial charge in [-0.05, 0) is 54.0 Å². The summed E-state index contributed by atoms with van der Waals surface area (Å²) in [5.41, 5.74) is -2.03. The summed E-state index contributed by atoms with van der Waals surface area (Å²) < 4.78 is 41.2. The number of thiazole rings is 1. The van der Waals surface area contributed by atoms with E-state index < -0.39 is 28.8 Å². The number of aliphatic hydroxyl groups is 1. The minimum atomic E-state index is -4.60. The van der Waals surface area contributed by atoms with E-state index in [0.29, 0.717) is 12.1 Å². The highest BCUT2D eigenvalue weighted by Crippen LogP contribution is 2.41. The van der Waals surface area contributed by atoms with E-state index in [9.17, 15) is 23.1 Å². The van der Waals surface area contributed by atoms with E-state index in [-0.39, 0.29) is 27.8 Å². The number of alkyl halides is 3. The summed E-state index contributed by atoms with van der Waals surface area (Å²) >= 11 is 0.882. The molecule has 0 spiro atoms. The lowest BCUT2D eigenvalue weighted by molar-refractivity contribution is -0.137. The van der Waals surface area contributed by atoms with Gasteiger partial charge in [0.05, 0.1) is 21.7 Å². The van der Waals surface area contributed by atoms with Crippen LogP contribution in [-0.4, -0.2) is 38.7 Å². The number of rotatable bonds is 6. The largest absolute Gasteiger partial charge is 0.417 e. The van der Waals surface area contributed by atoms with Gasteiger partial charge in [-0.2, -0.15) is 13.2 Å². The standard InChI is InChI=1S/C20H27F3N4O2S/c1-11-15(30-17(26-11)16(28)24-8-7-19(5,6)29)12-10-25-14(27-18(2,3)4)9-13(12)20(21,22)23/h9-10,29H,7-8H2,1-6H3,(H,24,28)(H,25,27). The fraction of sp³-hybridized carbons (Fsp3) is 0.550. The van der Waals surface area contributed by atoms with Gasteiger partial charge in [-0.1, -0.05) is 0 Å². The molecule has 0 saturated carbocycles. The van der Waals surface area contributed by atoms with Crippen LogP contribution >= 0.6 is 11.3 Å². The van der Waals surface area contributed by atoms with Crippen molar-refractivity contribution < 1.29 is 23.1 Å². The first-order chi connectivity index (χ1) is 13.6. The Kier molecular flexibility index (Phi) is 6.82. The fourth-order valence-corrected chi connectivity index (χ4v) is 3.63. The molecule has 1 amide bonds. The van der Waals surface area contributed by atoms with Gasteiger partial charge in [0.15, 0.2) is 5.01 Å². The first-order valence-electron chi connectivity index (χ1n) is 9.41. The maximum atomic E-state index is 13.7. The Morgan fingerprint density at radius 3 is 2.37 bits per heavy atom. The van der Waals surface area contributed by atoms with Crippen LogP contribution in [0.1, 0.15) is 62.1 Å². The highest BCUT2D eigenvalue weighted by Gasteiger charge is 2.36. The zero-order valence-electron chi connectivity index (χ0n) is 17.9.